The zero-order valence-electron chi connectivity index (χ0n) is 12.9. The second-order valence-corrected chi connectivity index (χ2v) is 7.77. The summed E-state index contributed by atoms with van der Waals surface area (Å²) in [4.78, 5) is 11.6. The largest absolute Gasteiger partial charge is 0.377 e. The summed E-state index contributed by atoms with van der Waals surface area (Å²) in [5, 5.41) is 11.2. The molecular formula is C19H24O2. The summed E-state index contributed by atoms with van der Waals surface area (Å²) in [6.07, 6.45) is 12.9. The first-order chi connectivity index (χ1) is 9.95. The van der Waals surface area contributed by atoms with Crippen LogP contribution in [0.1, 0.15) is 46.0 Å². The van der Waals surface area contributed by atoms with Gasteiger partial charge in [-0.3, -0.25) is 4.79 Å². The highest BCUT2D eigenvalue weighted by molar-refractivity contribution is 6.01. The van der Waals surface area contributed by atoms with Crippen molar-refractivity contribution in [3.05, 3.63) is 35.5 Å². The van der Waals surface area contributed by atoms with Crippen LogP contribution in [0.5, 0.6) is 0 Å². The van der Waals surface area contributed by atoms with Crippen LogP contribution in [0.2, 0.25) is 0 Å². The summed E-state index contributed by atoms with van der Waals surface area (Å²) in [6, 6.07) is 0. The van der Waals surface area contributed by atoms with E-state index in [9.17, 15) is 9.90 Å². The summed E-state index contributed by atoms with van der Waals surface area (Å²) < 4.78 is 0. The Bertz CT molecular complexity index is 597. The number of ketones is 1. The molecule has 2 nitrogen and oxygen atoms in total. The van der Waals surface area contributed by atoms with Crippen molar-refractivity contribution in [1.29, 1.82) is 0 Å². The fourth-order valence-electron chi connectivity index (χ4n) is 5.46. The predicted octanol–water partition coefficient (Wildman–Crippen LogP) is 3.58. The number of aliphatic hydroxyl groups is 1. The monoisotopic (exact) mass is 284 g/mol. The molecule has 0 aliphatic heterocycles. The Balaban J connectivity index is 1.78. The lowest BCUT2D eigenvalue weighted by Gasteiger charge is -2.51. The van der Waals surface area contributed by atoms with Gasteiger partial charge in [0.15, 0.2) is 5.78 Å². The highest BCUT2D eigenvalue weighted by Crippen LogP contribution is 2.61. The van der Waals surface area contributed by atoms with Gasteiger partial charge in [-0.2, -0.15) is 0 Å². The van der Waals surface area contributed by atoms with Crippen LogP contribution in [0.3, 0.4) is 0 Å². The molecule has 1 N–H and O–H groups in total. The minimum atomic E-state index is -0.968. The van der Waals surface area contributed by atoms with E-state index in [0.29, 0.717) is 17.3 Å². The van der Waals surface area contributed by atoms with Crippen LogP contribution in [0.15, 0.2) is 35.5 Å². The minimum absolute atomic E-state index is 0.0175. The average Bonchev–Trinajstić information content (AvgIpc) is 2.76. The summed E-state index contributed by atoms with van der Waals surface area (Å²) in [5.41, 5.74) is 1.52. The first-order valence-electron chi connectivity index (χ1n) is 8.32. The van der Waals surface area contributed by atoms with E-state index >= 15 is 0 Å². The lowest BCUT2D eigenvalue weighted by molar-refractivity contribution is -0.110. The maximum absolute atomic E-state index is 11.6. The van der Waals surface area contributed by atoms with E-state index in [1.165, 1.54) is 24.5 Å². The Morgan fingerprint density at radius 3 is 2.90 bits per heavy atom. The Morgan fingerprint density at radius 2 is 2.10 bits per heavy atom. The van der Waals surface area contributed by atoms with E-state index in [1.54, 1.807) is 12.2 Å². The normalized spacial score (nSPS) is 48.1. The molecule has 0 heterocycles. The van der Waals surface area contributed by atoms with Crippen molar-refractivity contribution in [3.8, 4) is 0 Å². The van der Waals surface area contributed by atoms with Gasteiger partial charge in [0, 0.05) is 0 Å². The molecule has 4 rings (SSSR count). The second-order valence-electron chi connectivity index (χ2n) is 7.77. The van der Waals surface area contributed by atoms with Crippen molar-refractivity contribution in [2.75, 3.05) is 0 Å². The molecule has 2 saturated carbocycles. The molecule has 4 aliphatic rings. The Kier molecular flexibility index (Phi) is 2.70. The van der Waals surface area contributed by atoms with Gasteiger partial charge >= 0.3 is 0 Å². The third kappa shape index (κ3) is 1.66. The van der Waals surface area contributed by atoms with Crippen LogP contribution < -0.4 is 0 Å². The highest BCUT2D eigenvalue weighted by Gasteiger charge is 2.54. The number of hydrogen-bond acceptors (Lipinski definition) is 2. The molecule has 0 saturated heterocycles. The van der Waals surface area contributed by atoms with Crippen LogP contribution in [0.25, 0.3) is 0 Å². The molecule has 5 atom stereocenters. The number of hydrogen-bond donors (Lipinski definition) is 1. The summed E-state index contributed by atoms with van der Waals surface area (Å²) in [5.74, 6) is 1.98. The Labute approximate surface area is 126 Å². The van der Waals surface area contributed by atoms with Crippen molar-refractivity contribution >= 4 is 5.78 Å². The third-order valence-electron chi connectivity index (χ3n) is 6.99. The smallest absolute Gasteiger partial charge is 0.178 e. The van der Waals surface area contributed by atoms with Crippen molar-refractivity contribution < 1.29 is 9.90 Å². The molecule has 0 aromatic carbocycles. The molecular weight excluding hydrogens is 260 g/mol. The van der Waals surface area contributed by atoms with Gasteiger partial charge < -0.3 is 5.11 Å². The number of fused-ring (bicyclic) bond motifs is 5. The van der Waals surface area contributed by atoms with Crippen LogP contribution >= 0.6 is 0 Å². The standard InChI is InChI=1S/C19H24O2/c1-12-3-6-16-15-5-4-13-11-14(20)7-10-19(13,21)17(15)8-9-18(12,16)2/h7-8,10-12,15-16,21H,3-6,9H2,1-2H3/t12?,15?,16?,18-,19+/m1/s1. The summed E-state index contributed by atoms with van der Waals surface area (Å²) >= 11 is 0. The molecule has 0 aromatic heterocycles. The van der Waals surface area contributed by atoms with Crippen LogP contribution in [-0.2, 0) is 4.79 Å². The van der Waals surface area contributed by atoms with Crippen LogP contribution in [0, 0.1) is 23.2 Å². The first kappa shape index (κ1) is 13.5. The molecule has 0 aromatic rings. The van der Waals surface area contributed by atoms with E-state index in [1.807, 2.05) is 0 Å². The molecule has 0 bridgehead atoms. The molecule has 0 amide bonds. The zero-order chi connectivity index (χ0) is 14.8. The lowest BCUT2D eigenvalue weighted by Crippen LogP contribution is -2.47. The van der Waals surface area contributed by atoms with Gasteiger partial charge in [-0.25, -0.2) is 0 Å². The van der Waals surface area contributed by atoms with Crippen molar-refractivity contribution in [2.24, 2.45) is 23.2 Å². The molecule has 2 fully saturated rings. The van der Waals surface area contributed by atoms with Crippen molar-refractivity contribution in [2.45, 2.75) is 51.6 Å². The van der Waals surface area contributed by atoms with E-state index in [4.69, 9.17) is 0 Å². The lowest BCUT2D eigenvalue weighted by atomic mass is 9.55. The molecule has 0 spiro atoms. The van der Waals surface area contributed by atoms with Gasteiger partial charge in [-0.15, -0.1) is 0 Å². The summed E-state index contributed by atoms with van der Waals surface area (Å²) in [7, 11) is 0. The average molecular weight is 284 g/mol. The quantitative estimate of drug-likeness (QED) is 0.690. The zero-order valence-corrected chi connectivity index (χ0v) is 12.9. The number of carbonyl (C=O) groups is 1. The highest BCUT2D eigenvalue weighted by atomic mass is 16.3. The van der Waals surface area contributed by atoms with Gasteiger partial charge in [-0.1, -0.05) is 19.9 Å². The molecule has 4 aliphatic carbocycles. The third-order valence-corrected chi connectivity index (χ3v) is 6.99. The number of carbonyl (C=O) groups excluding carboxylic acids is 1. The predicted molar refractivity (Wildman–Crippen MR) is 82.6 cm³/mol. The second kappa shape index (κ2) is 4.19. The Hall–Kier alpha value is -1.15. The van der Waals surface area contributed by atoms with Crippen molar-refractivity contribution in [3.63, 3.8) is 0 Å². The topological polar surface area (TPSA) is 37.3 Å². The molecule has 0 radical (unpaired) electrons. The summed E-state index contributed by atoms with van der Waals surface area (Å²) in [6.45, 7) is 4.83. The fourth-order valence-corrected chi connectivity index (χ4v) is 5.46. The van der Waals surface area contributed by atoms with Gasteiger partial charge in [-0.05, 0) is 84.6 Å². The van der Waals surface area contributed by atoms with E-state index in [2.05, 4.69) is 19.9 Å². The van der Waals surface area contributed by atoms with Gasteiger partial charge in [0.1, 0.15) is 5.60 Å². The molecule has 112 valence electrons. The van der Waals surface area contributed by atoms with E-state index < -0.39 is 5.60 Å². The fraction of sp³-hybridized carbons (Fsp3) is 0.632. The maximum Gasteiger partial charge on any atom is 0.178 e. The number of allylic oxidation sites excluding steroid dienone is 3. The van der Waals surface area contributed by atoms with E-state index in [-0.39, 0.29) is 5.78 Å². The minimum Gasteiger partial charge on any atom is -0.377 e. The van der Waals surface area contributed by atoms with Crippen LogP contribution in [0.4, 0.5) is 0 Å². The van der Waals surface area contributed by atoms with Crippen LogP contribution in [-0.4, -0.2) is 16.5 Å². The maximum atomic E-state index is 11.6. The Morgan fingerprint density at radius 1 is 1.29 bits per heavy atom. The van der Waals surface area contributed by atoms with Gasteiger partial charge in [0.2, 0.25) is 0 Å². The van der Waals surface area contributed by atoms with E-state index in [0.717, 1.165) is 30.8 Å². The van der Waals surface area contributed by atoms with Gasteiger partial charge in [0.05, 0.1) is 0 Å². The van der Waals surface area contributed by atoms with Gasteiger partial charge in [0.25, 0.3) is 0 Å². The SMILES string of the molecule is CC1CCC2C3CCC4=CC(=O)C=C[C@@]4(O)C3=CC[C@]12C. The molecule has 21 heavy (non-hydrogen) atoms. The molecule has 2 heteroatoms. The first-order valence-corrected chi connectivity index (χ1v) is 8.32. The van der Waals surface area contributed by atoms with Crippen molar-refractivity contribution in [1.82, 2.24) is 0 Å². The molecule has 3 unspecified atom stereocenters. The number of rotatable bonds is 0.